The molecule has 0 spiro atoms. The standard InChI is InChI=1S/C47H40Cl2F3N7O3/c1-54-46(60)35-13-12-25(19-55-35)42-30-18-38(37-17-27(21-58(37)47(61)23-10-11-23)62-22-31-33(50)8-3-9-34(31)51)59(44-26-16-36(44)56-20-26)45(30)29-15-24(5-4-14-53)39(41(52)43(29)57-42)28-6-2-7-32(48)40(28)49/h2-3,6-9,12-13,15,18-19,23,26-27,36-37,44,56H,4-5,10-11,16-17,20-22H2,1H3,(H,54,60)/t26-,27+,36-,37-,44+/m1/s1. The number of fused-ring (bicyclic) bond motifs is 4. The minimum absolute atomic E-state index is 0.00485. The number of nitrogens with one attached hydrogen (secondary N) is 2. The molecule has 0 unspecified atom stereocenters. The fourth-order valence-corrected chi connectivity index (χ4v) is 10.2. The van der Waals surface area contributed by atoms with Crippen molar-refractivity contribution in [3.63, 3.8) is 0 Å². The molecular weight excluding hydrogens is 838 g/mol. The van der Waals surface area contributed by atoms with Gasteiger partial charge in [-0.15, -0.1) is 0 Å². The first-order valence-electron chi connectivity index (χ1n) is 20.8. The molecule has 2 N–H and O–H groups in total. The van der Waals surface area contributed by atoms with Crippen LogP contribution in [0.25, 0.3) is 44.2 Å². The summed E-state index contributed by atoms with van der Waals surface area (Å²) in [4.78, 5) is 38.2. The SMILES string of the molecule is CNC(=O)c1ccc(-c2nc3c(F)c(-c4cccc(Cl)c4Cl)c(CCC#N)cc3c3c2cc([C@H]2C[C@H](OCc4c(F)cccc4F)CN2C(=O)C2CC2)n3[C@H]2[C@H]3CN[C@@H]2C3)cn1. The van der Waals surface area contributed by atoms with Crippen molar-refractivity contribution in [2.75, 3.05) is 20.1 Å². The van der Waals surface area contributed by atoms with Gasteiger partial charge >= 0.3 is 0 Å². The van der Waals surface area contributed by atoms with Gasteiger partial charge in [-0.2, -0.15) is 5.26 Å². The van der Waals surface area contributed by atoms with E-state index in [9.17, 15) is 23.6 Å². The Morgan fingerprint density at radius 3 is 2.50 bits per heavy atom. The van der Waals surface area contributed by atoms with E-state index in [0.29, 0.717) is 45.1 Å². The lowest BCUT2D eigenvalue weighted by molar-refractivity contribution is -0.134. The van der Waals surface area contributed by atoms with Crippen molar-refractivity contribution in [3.8, 4) is 28.5 Å². The molecule has 5 aliphatic rings. The number of halogens is 5. The number of likely N-dealkylation sites (tertiary alicyclic amines) is 1. The van der Waals surface area contributed by atoms with Crippen LogP contribution in [0.2, 0.25) is 10.0 Å². The molecule has 5 atom stereocenters. The van der Waals surface area contributed by atoms with Crippen molar-refractivity contribution < 1.29 is 27.5 Å². The molecule has 3 aromatic heterocycles. The molecule has 6 aromatic rings. The van der Waals surface area contributed by atoms with Crippen molar-refractivity contribution in [1.82, 2.24) is 30.1 Å². The summed E-state index contributed by atoms with van der Waals surface area (Å²) < 4.78 is 55.9. The molecule has 2 bridgehead atoms. The second-order valence-electron chi connectivity index (χ2n) is 16.7. The van der Waals surface area contributed by atoms with Crippen LogP contribution in [0.1, 0.15) is 71.5 Å². The van der Waals surface area contributed by atoms with Crippen LogP contribution in [0, 0.1) is 40.6 Å². The highest BCUT2D eigenvalue weighted by Crippen LogP contribution is 2.52. The lowest BCUT2D eigenvalue weighted by Gasteiger charge is -2.39. The molecule has 5 fully saturated rings. The highest BCUT2D eigenvalue weighted by atomic mass is 35.5. The number of rotatable bonds is 11. The number of nitriles is 1. The summed E-state index contributed by atoms with van der Waals surface area (Å²) in [5, 5.41) is 17.6. The third-order valence-corrected chi connectivity index (χ3v) is 13.9. The van der Waals surface area contributed by atoms with Gasteiger partial charge in [0.05, 0.1) is 52.1 Å². The second kappa shape index (κ2) is 16.0. The number of amides is 2. The second-order valence-corrected chi connectivity index (χ2v) is 17.5. The molecule has 6 heterocycles. The van der Waals surface area contributed by atoms with Crippen LogP contribution >= 0.6 is 23.2 Å². The normalized spacial score (nSPS) is 21.7. The van der Waals surface area contributed by atoms with Gasteiger partial charge in [0.1, 0.15) is 22.8 Å². The molecule has 15 heteroatoms. The first kappa shape index (κ1) is 40.5. The molecular formula is C47H40Cl2F3N7O3. The molecule has 62 heavy (non-hydrogen) atoms. The summed E-state index contributed by atoms with van der Waals surface area (Å²) in [6, 6.07) is 17.7. The largest absolute Gasteiger partial charge is 0.371 e. The first-order valence-corrected chi connectivity index (χ1v) is 21.6. The Morgan fingerprint density at radius 1 is 1.03 bits per heavy atom. The quantitative estimate of drug-likeness (QED) is 0.133. The summed E-state index contributed by atoms with van der Waals surface area (Å²) in [5.41, 5.74) is 3.65. The summed E-state index contributed by atoms with van der Waals surface area (Å²) in [5.74, 6) is -2.31. The van der Waals surface area contributed by atoms with E-state index in [1.165, 1.54) is 25.2 Å². The third-order valence-electron chi connectivity index (χ3n) is 13.1. The van der Waals surface area contributed by atoms with E-state index in [4.69, 9.17) is 32.9 Å². The fourth-order valence-electron chi connectivity index (χ4n) is 9.84. The summed E-state index contributed by atoms with van der Waals surface area (Å²) >= 11 is 13.3. The lowest BCUT2D eigenvalue weighted by Crippen LogP contribution is -2.41. The third kappa shape index (κ3) is 6.79. The van der Waals surface area contributed by atoms with E-state index in [1.807, 2.05) is 17.0 Å². The Kier molecular flexibility index (Phi) is 10.5. The van der Waals surface area contributed by atoms with Crippen molar-refractivity contribution in [3.05, 3.63) is 117 Å². The zero-order valence-corrected chi connectivity index (χ0v) is 35.0. The number of aromatic nitrogens is 3. The highest BCUT2D eigenvalue weighted by Gasteiger charge is 2.51. The summed E-state index contributed by atoms with van der Waals surface area (Å²) in [6.07, 6.45) is 4.16. The molecule has 316 valence electrons. The van der Waals surface area contributed by atoms with E-state index < -0.39 is 29.6 Å². The highest BCUT2D eigenvalue weighted by molar-refractivity contribution is 6.43. The lowest BCUT2D eigenvalue weighted by atomic mass is 9.79. The van der Waals surface area contributed by atoms with E-state index >= 15 is 4.39 Å². The molecule has 3 aliphatic heterocycles. The van der Waals surface area contributed by atoms with Gasteiger partial charge in [-0.25, -0.2) is 18.2 Å². The number of ether oxygens (including phenoxy) is 1. The number of aryl methyl sites for hydroxylation is 1. The maximum atomic E-state index is 17.8. The Hall–Kier alpha value is -5.52. The maximum Gasteiger partial charge on any atom is 0.269 e. The van der Waals surface area contributed by atoms with E-state index in [2.05, 4.69) is 26.3 Å². The minimum atomic E-state index is -0.703. The molecule has 3 aromatic carbocycles. The predicted octanol–water partition coefficient (Wildman–Crippen LogP) is 9.26. The Balaban J connectivity index is 1.22. The van der Waals surface area contributed by atoms with Crippen LogP contribution in [-0.4, -0.2) is 63.5 Å². The van der Waals surface area contributed by atoms with Crippen molar-refractivity contribution in [1.29, 1.82) is 5.26 Å². The monoisotopic (exact) mass is 877 g/mol. The molecule has 2 amide bonds. The van der Waals surface area contributed by atoms with Gasteiger partial charge < -0.3 is 24.8 Å². The van der Waals surface area contributed by atoms with Gasteiger partial charge in [0.2, 0.25) is 5.91 Å². The van der Waals surface area contributed by atoms with Crippen LogP contribution in [0.15, 0.2) is 66.9 Å². The van der Waals surface area contributed by atoms with Crippen LogP contribution < -0.4 is 10.6 Å². The maximum absolute atomic E-state index is 17.8. The van der Waals surface area contributed by atoms with Crippen LogP contribution in [0.5, 0.6) is 0 Å². The Morgan fingerprint density at radius 2 is 1.82 bits per heavy atom. The van der Waals surface area contributed by atoms with Gasteiger partial charge in [0, 0.05) is 89.9 Å². The number of carbonyl (C=O) groups is 2. The fraction of sp³-hybridized carbons (Fsp3) is 0.340. The number of nitrogens with zero attached hydrogens (tertiary/aromatic N) is 5. The van der Waals surface area contributed by atoms with Crippen molar-refractivity contribution in [2.24, 2.45) is 11.8 Å². The van der Waals surface area contributed by atoms with Crippen LogP contribution in [-0.2, 0) is 22.6 Å². The number of hydrogen-bond donors (Lipinski definition) is 2. The Bertz CT molecular complexity index is 2830. The summed E-state index contributed by atoms with van der Waals surface area (Å²) in [6.45, 7) is 0.701. The topological polar surface area (TPSA) is 125 Å². The first-order chi connectivity index (χ1) is 30.1. The molecule has 0 radical (unpaired) electrons. The molecule has 11 rings (SSSR count). The molecule has 10 nitrogen and oxygen atoms in total. The van der Waals surface area contributed by atoms with E-state index in [0.717, 1.165) is 31.5 Å². The average molecular weight is 879 g/mol. The number of carbonyl (C=O) groups excluding carboxylic acids is 2. The molecule has 2 aliphatic carbocycles. The van der Waals surface area contributed by atoms with Gasteiger partial charge in [-0.1, -0.05) is 41.4 Å². The summed E-state index contributed by atoms with van der Waals surface area (Å²) in [7, 11) is 1.52. The number of pyridine rings is 2. The zero-order valence-electron chi connectivity index (χ0n) is 33.5. The Labute approximate surface area is 365 Å². The van der Waals surface area contributed by atoms with Crippen molar-refractivity contribution in [2.45, 2.75) is 69.4 Å². The van der Waals surface area contributed by atoms with Gasteiger partial charge in [0.25, 0.3) is 5.91 Å². The molecule has 3 saturated heterocycles. The number of benzene rings is 3. The number of hydrogen-bond acceptors (Lipinski definition) is 7. The van der Waals surface area contributed by atoms with Crippen LogP contribution in [0.3, 0.4) is 0 Å². The predicted molar refractivity (Wildman–Crippen MR) is 229 cm³/mol. The average Bonchev–Trinajstić information content (AvgIpc) is 3.54. The van der Waals surface area contributed by atoms with E-state index in [1.54, 1.807) is 36.5 Å². The zero-order chi connectivity index (χ0) is 43.0. The van der Waals surface area contributed by atoms with Gasteiger partial charge in [-0.3, -0.25) is 14.6 Å². The van der Waals surface area contributed by atoms with Gasteiger partial charge in [-0.05, 0) is 79.6 Å². The van der Waals surface area contributed by atoms with Crippen LogP contribution in [0.4, 0.5) is 13.2 Å². The minimum Gasteiger partial charge on any atom is -0.371 e. The van der Waals surface area contributed by atoms with Crippen molar-refractivity contribution >= 4 is 56.8 Å². The van der Waals surface area contributed by atoms with E-state index in [-0.39, 0.29) is 94.1 Å². The van der Waals surface area contributed by atoms with Gasteiger partial charge in [0.15, 0.2) is 5.82 Å². The smallest absolute Gasteiger partial charge is 0.269 e. The molecule has 2 saturated carbocycles.